The van der Waals surface area contributed by atoms with Gasteiger partial charge in [-0.05, 0) is 54.3 Å². The van der Waals surface area contributed by atoms with E-state index in [0.29, 0.717) is 17.0 Å². The second-order valence-corrected chi connectivity index (χ2v) is 8.66. The Balaban J connectivity index is 1.63. The van der Waals surface area contributed by atoms with E-state index in [2.05, 4.69) is 23.9 Å². The lowest BCUT2D eigenvalue weighted by molar-refractivity contribution is -0.270. The summed E-state index contributed by atoms with van der Waals surface area (Å²) in [6.45, 7) is 4.08. The lowest BCUT2D eigenvalue weighted by atomic mass is 9.98. The van der Waals surface area contributed by atoms with Crippen LogP contribution in [0.25, 0.3) is 0 Å². The van der Waals surface area contributed by atoms with Crippen molar-refractivity contribution in [1.29, 1.82) is 0 Å². The van der Waals surface area contributed by atoms with Crippen molar-refractivity contribution >= 4 is 11.9 Å². The Kier molecular flexibility index (Phi) is 8.62. The highest BCUT2D eigenvalue weighted by atomic mass is 16.7. The summed E-state index contributed by atoms with van der Waals surface area (Å²) in [4.78, 5) is 24.2. The van der Waals surface area contributed by atoms with Gasteiger partial charge in [0.2, 0.25) is 6.29 Å². The lowest BCUT2D eigenvalue weighted by Crippen LogP contribution is -2.61. The van der Waals surface area contributed by atoms with E-state index < -0.39 is 36.7 Å². The van der Waals surface area contributed by atoms with Gasteiger partial charge in [-0.3, -0.25) is 4.79 Å². The SMILES string of the molecule is COC(=O)c1ccc(O[C@H]2O[C@H](CNC(=O)c3cccc(CC(C)C)c3)[C@@H](O)[C@H](O)[C@@H]2O)cc1. The molecule has 1 saturated heterocycles. The first-order chi connectivity index (χ1) is 16.2. The summed E-state index contributed by atoms with van der Waals surface area (Å²) in [6, 6.07) is 13.2. The zero-order chi connectivity index (χ0) is 24.8. The van der Waals surface area contributed by atoms with E-state index in [1.807, 2.05) is 18.2 Å². The predicted octanol–water partition coefficient (Wildman–Crippen LogP) is 1.29. The third kappa shape index (κ3) is 6.32. The molecule has 0 radical (unpaired) electrons. The van der Waals surface area contributed by atoms with Crippen molar-refractivity contribution in [3.8, 4) is 5.75 Å². The van der Waals surface area contributed by atoms with Gasteiger partial charge in [-0.25, -0.2) is 4.79 Å². The van der Waals surface area contributed by atoms with Gasteiger partial charge in [0.15, 0.2) is 0 Å². The van der Waals surface area contributed by atoms with Crippen molar-refractivity contribution < 1.29 is 39.1 Å². The molecule has 0 unspecified atom stereocenters. The van der Waals surface area contributed by atoms with Gasteiger partial charge in [-0.15, -0.1) is 0 Å². The molecule has 1 amide bonds. The molecule has 9 heteroatoms. The largest absolute Gasteiger partial charge is 0.465 e. The van der Waals surface area contributed by atoms with E-state index in [0.717, 1.165) is 12.0 Å². The highest BCUT2D eigenvalue weighted by Crippen LogP contribution is 2.25. The van der Waals surface area contributed by atoms with Crippen molar-refractivity contribution in [3.63, 3.8) is 0 Å². The van der Waals surface area contributed by atoms with Crippen LogP contribution in [0, 0.1) is 5.92 Å². The fourth-order valence-electron chi connectivity index (χ4n) is 3.71. The molecular weight excluding hydrogens is 442 g/mol. The van der Waals surface area contributed by atoms with Gasteiger partial charge >= 0.3 is 5.97 Å². The van der Waals surface area contributed by atoms with E-state index >= 15 is 0 Å². The zero-order valence-electron chi connectivity index (χ0n) is 19.4. The number of hydrogen-bond acceptors (Lipinski definition) is 8. The average Bonchev–Trinajstić information content (AvgIpc) is 2.83. The maximum atomic E-state index is 12.6. The summed E-state index contributed by atoms with van der Waals surface area (Å²) in [5.74, 6) is -0.141. The Morgan fingerprint density at radius 2 is 1.71 bits per heavy atom. The van der Waals surface area contributed by atoms with Gasteiger partial charge in [0.05, 0.1) is 12.7 Å². The summed E-state index contributed by atoms with van der Waals surface area (Å²) in [6.07, 6.45) is -6.02. The van der Waals surface area contributed by atoms with Crippen molar-refractivity contribution in [2.75, 3.05) is 13.7 Å². The van der Waals surface area contributed by atoms with Crippen LogP contribution in [0.15, 0.2) is 48.5 Å². The van der Waals surface area contributed by atoms with Crippen LogP contribution in [0.2, 0.25) is 0 Å². The number of amides is 1. The first-order valence-electron chi connectivity index (χ1n) is 11.1. The Bertz CT molecular complexity index is 977. The smallest absolute Gasteiger partial charge is 0.337 e. The molecule has 1 aliphatic heterocycles. The fraction of sp³-hybridized carbons (Fsp3) is 0.440. The Hall–Kier alpha value is -2.98. The van der Waals surface area contributed by atoms with E-state index in [4.69, 9.17) is 9.47 Å². The molecule has 9 nitrogen and oxygen atoms in total. The molecule has 4 N–H and O–H groups in total. The molecule has 0 bridgehead atoms. The molecule has 0 spiro atoms. The second kappa shape index (κ2) is 11.4. The number of ether oxygens (including phenoxy) is 3. The lowest BCUT2D eigenvalue weighted by Gasteiger charge is -2.40. The van der Waals surface area contributed by atoms with Crippen LogP contribution >= 0.6 is 0 Å². The fourth-order valence-corrected chi connectivity index (χ4v) is 3.71. The Labute approximate surface area is 198 Å². The van der Waals surface area contributed by atoms with Gasteiger partial charge in [0.1, 0.15) is 30.2 Å². The number of carbonyl (C=O) groups is 2. The number of methoxy groups -OCH3 is 1. The van der Waals surface area contributed by atoms with Crippen molar-refractivity contribution in [2.24, 2.45) is 5.92 Å². The molecule has 0 aromatic heterocycles. The second-order valence-electron chi connectivity index (χ2n) is 8.66. The third-order valence-corrected chi connectivity index (χ3v) is 5.49. The quantitative estimate of drug-likeness (QED) is 0.422. The molecule has 0 aliphatic carbocycles. The van der Waals surface area contributed by atoms with Gasteiger partial charge in [-0.1, -0.05) is 26.0 Å². The minimum absolute atomic E-state index is 0.112. The number of aliphatic hydroxyl groups excluding tert-OH is 3. The Morgan fingerprint density at radius 1 is 1.00 bits per heavy atom. The maximum absolute atomic E-state index is 12.6. The molecular formula is C25H31NO8. The van der Waals surface area contributed by atoms with Crippen LogP contribution in [0.4, 0.5) is 0 Å². The van der Waals surface area contributed by atoms with E-state index in [1.54, 1.807) is 6.07 Å². The maximum Gasteiger partial charge on any atom is 0.337 e. The molecule has 2 aromatic carbocycles. The normalized spacial score (nSPS) is 24.5. The van der Waals surface area contributed by atoms with E-state index in [1.165, 1.54) is 31.4 Å². The van der Waals surface area contributed by atoms with Crippen LogP contribution < -0.4 is 10.1 Å². The number of rotatable bonds is 8. The van der Waals surface area contributed by atoms with Gasteiger partial charge in [0, 0.05) is 12.1 Å². The zero-order valence-corrected chi connectivity index (χ0v) is 19.4. The number of benzene rings is 2. The first-order valence-corrected chi connectivity index (χ1v) is 11.1. The summed E-state index contributed by atoms with van der Waals surface area (Å²) >= 11 is 0. The highest BCUT2D eigenvalue weighted by Gasteiger charge is 2.45. The average molecular weight is 474 g/mol. The number of aliphatic hydroxyl groups is 3. The minimum Gasteiger partial charge on any atom is -0.465 e. The molecule has 1 fully saturated rings. The van der Waals surface area contributed by atoms with Gasteiger partial charge in [0.25, 0.3) is 5.91 Å². The molecule has 0 saturated carbocycles. The van der Waals surface area contributed by atoms with E-state index in [-0.39, 0.29) is 18.2 Å². The van der Waals surface area contributed by atoms with Crippen molar-refractivity contribution in [1.82, 2.24) is 5.32 Å². The number of hydrogen-bond donors (Lipinski definition) is 4. The molecule has 1 heterocycles. The molecule has 5 atom stereocenters. The van der Waals surface area contributed by atoms with Crippen molar-refractivity contribution in [2.45, 2.75) is 51.0 Å². The molecule has 2 aromatic rings. The monoisotopic (exact) mass is 473 g/mol. The molecule has 34 heavy (non-hydrogen) atoms. The summed E-state index contributed by atoms with van der Waals surface area (Å²) in [7, 11) is 1.27. The highest BCUT2D eigenvalue weighted by molar-refractivity contribution is 5.94. The number of nitrogens with one attached hydrogen (secondary N) is 1. The Morgan fingerprint density at radius 3 is 2.35 bits per heavy atom. The number of esters is 1. The molecule has 1 aliphatic rings. The van der Waals surface area contributed by atoms with E-state index in [9.17, 15) is 24.9 Å². The van der Waals surface area contributed by atoms with Crippen LogP contribution in [0.1, 0.15) is 40.1 Å². The third-order valence-electron chi connectivity index (χ3n) is 5.49. The first kappa shape index (κ1) is 25.6. The standard InChI is InChI=1S/C25H31NO8/c1-14(2)11-15-5-4-6-17(12-15)23(30)26-13-19-20(27)21(28)22(29)25(34-19)33-18-9-7-16(8-10-18)24(31)32-3/h4-10,12,14,19-22,25,27-29H,11,13H2,1-3H3,(H,26,30)/t19-,20-,21+,22+,25+/m1/s1. The van der Waals surface area contributed by atoms with Crippen molar-refractivity contribution in [3.05, 3.63) is 65.2 Å². The van der Waals surface area contributed by atoms with Crippen LogP contribution in [0.3, 0.4) is 0 Å². The summed E-state index contributed by atoms with van der Waals surface area (Å²) in [5.41, 5.74) is 1.83. The van der Waals surface area contributed by atoms with Crippen LogP contribution in [0.5, 0.6) is 5.75 Å². The molecule has 3 rings (SSSR count). The van der Waals surface area contributed by atoms with Gasteiger partial charge in [-0.2, -0.15) is 0 Å². The minimum atomic E-state index is -1.55. The van der Waals surface area contributed by atoms with Gasteiger partial charge < -0.3 is 34.8 Å². The van der Waals surface area contributed by atoms with Crippen LogP contribution in [-0.2, 0) is 15.9 Å². The predicted molar refractivity (Wildman–Crippen MR) is 122 cm³/mol. The number of carbonyl (C=O) groups excluding carboxylic acids is 2. The van der Waals surface area contributed by atoms with Crippen LogP contribution in [-0.4, -0.2) is 71.6 Å². The topological polar surface area (TPSA) is 135 Å². The summed E-state index contributed by atoms with van der Waals surface area (Å²) < 4.78 is 15.9. The summed E-state index contributed by atoms with van der Waals surface area (Å²) in [5, 5.41) is 33.6. The molecule has 184 valence electrons.